The van der Waals surface area contributed by atoms with Gasteiger partial charge in [0.05, 0.1) is 16.7 Å². The van der Waals surface area contributed by atoms with E-state index < -0.39 is 27.3 Å². The Hall–Kier alpha value is -4.29. The number of aromatic nitrogens is 3. The molecule has 1 unspecified atom stereocenters. The van der Waals surface area contributed by atoms with E-state index in [4.69, 9.17) is 0 Å². The van der Waals surface area contributed by atoms with Gasteiger partial charge in [-0.3, -0.25) is 14.2 Å². The van der Waals surface area contributed by atoms with Gasteiger partial charge in [0, 0.05) is 43.1 Å². The molecule has 0 aliphatic carbocycles. The van der Waals surface area contributed by atoms with Gasteiger partial charge in [-0.25, -0.2) is 13.4 Å². The molecule has 6 rings (SSSR count). The van der Waals surface area contributed by atoms with E-state index >= 15 is 0 Å². The van der Waals surface area contributed by atoms with E-state index in [1.807, 2.05) is 24.3 Å². The number of fused-ring (bicyclic) bond motifs is 2. The summed E-state index contributed by atoms with van der Waals surface area (Å²) in [7, 11) is -0.544. The van der Waals surface area contributed by atoms with Crippen molar-refractivity contribution in [2.45, 2.75) is 36.2 Å². The Bertz CT molecular complexity index is 1810. The molecule has 1 saturated heterocycles. The molecule has 2 aliphatic rings. The van der Waals surface area contributed by atoms with E-state index in [9.17, 15) is 18.0 Å². The summed E-state index contributed by atoms with van der Waals surface area (Å²) < 4.78 is 27.9. The summed E-state index contributed by atoms with van der Waals surface area (Å²) in [5.74, 6) is -0.507. The lowest BCUT2D eigenvalue weighted by Gasteiger charge is -2.27. The monoisotopic (exact) mass is 587 g/mol. The van der Waals surface area contributed by atoms with Gasteiger partial charge in [-0.15, -0.1) is 0 Å². The first-order chi connectivity index (χ1) is 20.2. The maximum absolute atomic E-state index is 13.9. The number of rotatable bonds is 6. The van der Waals surface area contributed by atoms with Crippen LogP contribution in [-0.4, -0.2) is 72.7 Å². The normalized spacial score (nSPS) is 18.3. The fraction of sp³-hybridized carbons (Fsp3) is 0.333. The molecule has 1 atom stereocenters. The van der Waals surface area contributed by atoms with Gasteiger partial charge in [0.2, 0.25) is 5.95 Å². The van der Waals surface area contributed by atoms with Crippen molar-refractivity contribution in [3.63, 3.8) is 0 Å². The number of amides is 1. The van der Waals surface area contributed by atoms with E-state index in [1.165, 1.54) is 15.5 Å². The van der Waals surface area contributed by atoms with Gasteiger partial charge < -0.3 is 20.9 Å². The Balaban J connectivity index is 1.37. The smallest absolute Gasteiger partial charge is 0.265 e. The van der Waals surface area contributed by atoms with E-state index in [0.717, 1.165) is 37.3 Å². The number of nitrogens with zero attached hydrogens (tertiary/aromatic N) is 4. The second-order valence-corrected chi connectivity index (χ2v) is 13.0. The highest BCUT2D eigenvalue weighted by molar-refractivity contribution is 7.91. The second kappa shape index (κ2) is 11.2. The van der Waals surface area contributed by atoms with Gasteiger partial charge in [0.1, 0.15) is 11.2 Å². The summed E-state index contributed by atoms with van der Waals surface area (Å²) in [5.41, 5.74) is 2.02. The molecule has 218 valence electrons. The predicted octanol–water partition coefficient (Wildman–Crippen LogP) is 2.97. The topological polar surface area (TPSA) is 138 Å². The fourth-order valence-electron chi connectivity index (χ4n) is 5.69. The molecule has 2 aliphatic heterocycles. The Kier molecular flexibility index (Phi) is 7.42. The van der Waals surface area contributed by atoms with E-state index in [0.29, 0.717) is 23.4 Å². The van der Waals surface area contributed by atoms with Crippen molar-refractivity contribution in [2.75, 3.05) is 43.6 Å². The second-order valence-electron chi connectivity index (χ2n) is 11.0. The van der Waals surface area contributed by atoms with Crippen LogP contribution in [0, 0.1) is 0 Å². The molecule has 1 fully saturated rings. The van der Waals surface area contributed by atoms with Crippen LogP contribution in [0.3, 0.4) is 0 Å². The van der Waals surface area contributed by atoms with Crippen molar-refractivity contribution in [3.8, 4) is 0 Å². The highest BCUT2D eigenvalue weighted by atomic mass is 32.2. The van der Waals surface area contributed by atoms with Crippen LogP contribution >= 0.6 is 0 Å². The van der Waals surface area contributed by atoms with Crippen LogP contribution in [0.4, 0.5) is 17.3 Å². The maximum Gasteiger partial charge on any atom is 0.265 e. The molecular weight excluding hydrogens is 554 g/mol. The van der Waals surface area contributed by atoms with Gasteiger partial charge in [-0.1, -0.05) is 18.2 Å². The zero-order valence-corrected chi connectivity index (χ0v) is 24.3. The minimum atomic E-state index is -3.67. The summed E-state index contributed by atoms with van der Waals surface area (Å²) in [6.07, 6.45) is 4.00. The summed E-state index contributed by atoms with van der Waals surface area (Å²) in [4.78, 5) is 37.5. The SMILES string of the molecule is CN(C)C(=O)c1cc2cnc(Nc3ccc(NC4CCNCC4)cc3)nc2n(C2Cc3ccccc3S(=O)(=O)C2)c1=O. The number of anilines is 3. The third kappa shape index (κ3) is 5.47. The number of nitrogens with one attached hydrogen (secondary N) is 3. The zero-order chi connectivity index (χ0) is 29.4. The number of benzene rings is 2. The number of carbonyl (C=O) groups is 1. The van der Waals surface area contributed by atoms with Crippen molar-refractivity contribution in [3.05, 3.63) is 82.3 Å². The first-order valence-corrected chi connectivity index (χ1v) is 15.6. The van der Waals surface area contributed by atoms with Crippen molar-refractivity contribution >= 4 is 44.1 Å². The van der Waals surface area contributed by atoms with E-state index in [1.54, 1.807) is 44.6 Å². The quantitative estimate of drug-likeness (QED) is 0.311. The van der Waals surface area contributed by atoms with Crippen LogP contribution in [0.2, 0.25) is 0 Å². The third-order valence-electron chi connectivity index (χ3n) is 7.80. The Labute approximate surface area is 243 Å². The van der Waals surface area contributed by atoms with Gasteiger partial charge in [0.25, 0.3) is 11.5 Å². The number of hydrogen-bond acceptors (Lipinski definition) is 9. The maximum atomic E-state index is 13.9. The van der Waals surface area contributed by atoms with Gasteiger partial charge in [0.15, 0.2) is 9.84 Å². The number of carbonyl (C=O) groups excluding carboxylic acids is 1. The highest BCUT2D eigenvalue weighted by Crippen LogP contribution is 2.32. The lowest BCUT2D eigenvalue weighted by atomic mass is 10.1. The molecule has 0 saturated carbocycles. The van der Waals surface area contributed by atoms with Crippen LogP contribution in [0.5, 0.6) is 0 Å². The molecule has 4 heterocycles. The third-order valence-corrected chi connectivity index (χ3v) is 9.69. The highest BCUT2D eigenvalue weighted by Gasteiger charge is 2.33. The minimum Gasteiger partial charge on any atom is -0.382 e. The van der Waals surface area contributed by atoms with Crippen molar-refractivity contribution in [1.29, 1.82) is 0 Å². The van der Waals surface area contributed by atoms with Gasteiger partial charge >= 0.3 is 0 Å². The Morgan fingerprint density at radius 3 is 2.50 bits per heavy atom. The van der Waals surface area contributed by atoms with E-state index in [2.05, 4.69) is 25.9 Å². The molecule has 0 bridgehead atoms. The minimum absolute atomic E-state index is 0.0649. The molecule has 2 aromatic heterocycles. The van der Waals surface area contributed by atoms with Crippen molar-refractivity contribution in [2.24, 2.45) is 0 Å². The molecule has 0 spiro atoms. The van der Waals surface area contributed by atoms with Crippen molar-refractivity contribution in [1.82, 2.24) is 24.8 Å². The first-order valence-electron chi connectivity index (χ1n) is 14.0. The zero-order valence-electron chi connectivity index (χ0n) is 23.5. The van der Waals surface area contributed by atoms with Gasteiger partial charge in [-0.2, -0.15) is 4.98 Å². The summed E-state index contributed by atoms with van der Waals surface area (Å²) in [5, 5.41) is 10.6. The largest absolute Gasteiger partial charge is 0.382 e. The Morgan fingerprint density at radius 1 is 1.05 bits per heavy atom. The predicted molar refractivity (Wildman–Crippen MR) is 162 cm³/mol. The lowest BCUT2D eigenvalue weighted by Crippen LogP contribution is -2.38. The van der Waals surface area contributed by atoms with Crippen LogP contribution < -0.4 is 21.5 Å². The summed E-state index contributed by atoms with van der Waals surface area (Å²) in [6, 6.07) is 15.8. The molecule has 3 N–H and O–H groups in total. The van der Waals surface area contributed by atoms with Crippen LogP contribution in [0.1, 0.15) is 34.8 Å². The summed E-state index contributed by atoms with van der Waals surface area (Å²) in [6.45, 7) is 2.01. The molecule has 0 radical (unpaired) electrons. The molecule has 4 aromatic rings. The summed E-state index contributed by atoms with van der Waals surface area (Å²) >= 11 is 0. The van der Waals surface area contributed by atoms with Crippen LogP contribution in [0.15, 0.2) is 70.5 Å². The van der Waals surface area contributed by atoms with Crippen LogP contribution in [0.25, 0.3) is 11.0 Å². The molecule has 1 amide bonds. The average Bonchev–Trinajstić information content (AvgIpc) is 2.97. The molecule has 2 aromatic carbocycles. The molecule has 42 heavy (non-hydrogen) atoms. The van der Waals surface area contributed by atoms with Crippen LogP contribution in [-0.2, 0) is 16.3 Å². The standard InChI is InChI=1S/C30H33N7O4S/c1-36(2)28(38)25-16-20-17-32-30(34-22-9-7-21(8-10-22)33-23-11-13-31-14-12-23)35-27(20)37(29(25)39)24-15-19-5-3-4-6-26(19)42(40,41)18-24/h3-10,16-17,23-24,31,33H,11-15,18H2,1-2H3,(H,32,34,35). The van der Waals surface area contributed by atoms with E-state index in [-0.39, 0.29) is 27.8 Å². The average molecular weight is 588 g/mol. The Morgan fingerprint density at radius 2 is 1.76 bits per heavy atom. The molecule has 11 nitrogen and oxygen atoms in total. The first kappa shape index (κ1) is 27.9. The number of sulfone groups is 1. The molecular formula is C30H33N7O4S. The number of piperidine rings is 1. The fourth-order valence-corrected chi connectivity index (χ4v) is 7.48. The number of hydrogen-bond donors (Lipinski definition) is 3. The molecule has 12 heteroatoms. The van der Waals surface area contributed by atoms with Gasteiger partial charge in [-0.05, 0) is 74.3 Å². The lowest BCUT2D eigenvalue weighted by molar-refractivity contribution is 0.0825. The van der Waals surface area contributed by atoms with Crippen molar-refractivity contribution < 1.29 is 13.2 Å². The number of pyridine rings is 1.